The van der Waals surface area contributed by atoms with Crippen LogP contribution in [0.3, 0.4) is 0 Å². The van der Waals surface area contributed by atoms with E-state index in [1.165, 1.54) is 0 Å². The summed E-state index contributed by atoms with van der Waals surface area (Å²) < 4.78 is 5.92. The normalized spacial score (nSPS) is 22.9. The van der Waals surface area contributed by atoms with Crippen LogP contribution < -0.4 is 5.73 Å². The van der Waals surface area contributed by atoms with Crippen molar-refractivity contribution in [3.63, 3.8) is 0 Å². The molecular weight excluding hydrogens is 234 g/mol. The molecule has 1 saturated heterocycles. The summed E-state index contributed by atoms with van der Waals surface area (Å²) in [5.41, 5.74) is 6.63. The first-order valence-corrected chi connectivity index (χ1v) is 6.85. The maximum atomic E-state index is 5.92. The molecule has 1 aromatic heterocycles. The van der Waals surface area contributed by atoms with Crippen molar-refractivity contribution in [1.29, 1.82) is 0 Å². The molecule has 4 nitrogen and oxygen atoms in total. The predicted molar refractivity (Wildman–Crippen MR) is 70.1 cm³/mol. The number of hydrogen-bond acceptors (Lipinski definition) is 5. The van der Waals surface area contributed by atoms with E-state index in [-0.39, 0.29) is 5.60 Å². The number of nitrogens with two attached hydrogens (primary N) is 1. The van der Waals surface area contributed by atoms with Gasteiger partial charge >= 0.3 is 0 Å². The summed E-state index contributed by atoms with van der Waals surface area (Å²) in [6.07, 6.45) is 2.54. The summed E-state index contributed by atoms with van der Waals surface area (Å²) >= 11 is 1.62. The summed E-state index contributed by atoms with van der Waals surface area (Å²) in [5.74, 6) is 1.43. The number of nitrogens with zero attached hydrogens (tertiary/aromatic N) is 2. The molecule has 0 spiro atoms. The first-order chi connectivity index (χ1) is 7.94. The third-order valence-electron chi connectivity index (χ3n) is 2.81. The molecule has 0 saturated carbocycles. The first kappa shape index (κ1) is 12.6. The number of aromatic nitrogens is 2. The summed E-state index contributed by atoms with van der Waals surface area (Å²) in [6.45, 7) is 6.20. The molecule has 2 rings (SSSR count). The highest BCUT2D eigenvalue weighted by molar-refractivity contribution is 7.99. The van der Waals surface area contributed by atoms with E-state index in [4.69, 9.17) is 10.5 Å². The minimum Gasteiger partial charge on any atom is -0.384 e. The zero-order chi connectivity index (χ0) is 12.5. The van der Waals surface area contributed by atoms with Crippen molar-refractivity contribution in [3.8, 4) is 0 Å². The monoisotopic (exact) mass is 253 g/mol. The molecule has 1 atom stereocenters. The number of aryl methyl sites for hydroxylation is 1. The summed E-state index contributed by atoms with van der Waals surface area (Å²) in [4.78, 5) is 8.55. The minimum atomic E-state index is 0.0255. The third-order valence-corrected chi connectivity index (χ3v) is 3.79. The molecule has 1 aromatic rings. The molecule has 1 aliphatic heterocycles. The molecule has 0 aromatic carbocycles. The van der Waals surface area contributed by atoms with Crippen molar-refractivity contribution < 1.29 is 4.74 Å². The number of nitrogen functional groups attached to an aromatic ring is 1. The van der Waals surface area contributed by atoms with Crippen molar-refractivity contribution in [1.82, 2.24) is 9.97 Å². The molecule has 17 heavy (non-hydrogen) atoms. The van der Waals surface area contributed by atoms with E-state index in [1.54, 1.807) is 17.8 Å². The third kappa shape index (κ3) is 3.57. The lowest BCUT2D eigenvalue weighted by molar-refractivity contribution is -0.00468. The van der Waals surface area contributed by atoms with Gasteiger partial charge in [0.15, 0.2) is 5.16 Å². The molecule has 1 unspecified atom stereocenters. The van der Waals surface area contributed by atoms with E-state index >= 15 is 0 Å². The standard InChI is InChI=1S/C12H19N3OS/c1-8-6-10(13)15-11(14-8)17-7-9-4-5-12(2,3)16-9/h6,9H,4-5,7H2,1-3H3,(H2,13,14,15). The lowest BCUT2D eigenvalue weighted by Gasteiger charge is -2.18. The van der Waals surface area contributed by atoms with Crippen LogP contribution >= 0.6 is 11.8 Å². The highest BCUT2D eigenvalue weighted by Crippen LogP contribution is 2.32. The topological polar surface area (TPSA) is 61.0 Å². The van der Waals surface area contributed by atoms with E-state index < -0.39 is 0 Å². The van der Waals surface area contributed by atoms with Crippen molar-refractivity contribution in [2.75, 3.05) is 11.5 Å². The van der Waals surface area contributed by atoms with Gasteiger partial charge in [-0.05, 0) is 33.6 Å². The maximum absolute atomic E-state index is 5.92. The van der Waals surface area contributed by atoms with Crippen molar-refractivity contribution >= 4 is 17.6 Å². The smallest absolute Gasteiger partial charge is 0.189 e. The van der Waals surface area contributed by atoms with Gasteiger partial charge in [0, 0.05) is 17.5 Å². The summed E-state index contributed by atoms with van der Waals surface area (Å²) in [5, 5.41) is 0.746. The minimum absolute atomic E-state index is 0.0255. The van der Waals surface area contributed by atoms with Crippen molar-refractivity contribution in [2.45, 2.75) is 50.5 Å². The highest BCUT2D eigenvalue weighted by atomic mass is 32.2. The fraction of sp³-hybridized carbons (Fsp3) is 0.667. The Balaban J connectivity index is 1.90. The molecule has 1 aliphatic rings. The second-order valence-corrected chi connectivity index (χ2v) is 6.05. The van der Waals surface area contributed by atoms with Gasteiger partial charge in [-0.15, -0.1) is 0 Å². The molecule has 0 aliphatic carbocycles. The van der Waals surface area contributed by atoms with Gasteiger partial charge in [-0.3, -0.25) is 0 Å². The Kier molecular flexibility index (Phi) is 3.58. The fourth-order valence-electron chi connectivity index (χ4n) is 1.99. The molecular formula is C12H19N3OS. The Hall–Kier alpha value is -0.810. The van der Waals surface area contributed by atoms with Gasteiger partial charge < -0.3 is 10.5 Å². The molecule has 0 radical (unpaired) electrons. The average molecular weight is 253 g/mol. The van der Waals surface area contributed by atoms with Gasteiger partial charge in [-0.25, -0.2) is 9.97 Å². The fourth-order valence-corrected chi connectivity index (χ4v) is 2.94. The molecule has 5 heteroatoms. The van der Waals surface area contributed by atoms with Crippen molar-refractivity contribution in [3.05, 3.63) is 11.8 Å². The molecule has 0 amide bonds. The van der Waals surface area contributed by atoms with E-state index in [0.717, 1.165) is 29.4 Å². The zero-order valence-electron chi connectivity index (χ0n) is 10.6. The van der Waals surface area contributed by atoms with Crippen LogP contribution in [0.1, 0.15) is 32.4 Å². The lowest BCUT2D eigenvalue weighted by Crippen LogP contribution is -2.21. The van der Waals surface area contributed by atoms with Crippen LogP contribution in [-0.2, 0) is 4.74 Å². The van der Waals surface area contributed by atoms with E-state index in [2.05, 4.69) is 23.8 Å². The second kappa shape index (κ2) is 4.82. The number of anilines is 1. The highest BCUT2D eigenvalue weighted by Gasteiger charge is 2.31. The van der Waals surface area contributed by atoms with Gasteiger partial charge in [0.05, 0.1) is 11.7 Å². The largest absolute Gasteiger partial charge is 0.384 e. The van der Waals surface area contributed by atoms with E-state index in [1.807, 2.05) is 6.92 Å². The molecule has 2 N–H and O–H groups in total. The first-order valence-electron chi connectivity index (χ1n) is 5.86. The Morgan fingerprint density at radius 2 is 2.29 bits per heavy atom. The van der Waals surface area contributed by atoms with Crippen LogP contribution in [0.5, 0.6) is 0 Å². The SMILES string of the molecule is Cc1cc(N)nc(SCC2CCC(C)(C)O2)n1. The lowest BCUT2D eigenvalue weighted by atomic mass is 10.1. The summed E-state index contributed by atoms with van der Waals surface area (Å²) in [6, 6.07) is 1.78. The Morgan fingerprint density at radius 1 is 1.53 bits per heavy atom. The van der Waals surface area contributed by atoms with Crippen LogP contribution in [0, 0.1) is 6.92 Å². The van der Waals surface area contributed by atoms with E-state index in [9.17, 15) is 0 Å². The Morgan fingerprint density at radius 3 is 2.88 bits per heavy atom. The number of rotatable bonds is 3. The number of ether oxygens (including phenoxy) is 1. The van der Waals surface area contributed by atoms with Crippen LogP contribution in [0.15, 0.2) is 11.2 Å². The van der Waals surface area contributed by atoms with Crippen LogP contribution in [0.4, 0.5) is 5.82 Å². The van der Waals surface area contributed by atoms with Gasteiger partial charge in [-0.2, -0.15) is 0 Å². The Bertz CT molecular complexity index is 388. The van der Waals surface area contributed by atoms with Crippen LogP contribution in [0.2, 0.25) is 0 Å². The van der Waals surface area contributed by atoms with Gasteiger partial charge in [0.25, 0.3) is 0 Å². The maximum Gasteiger partial charge on any atom is 0.189 e. The molecule has 0 bridgehead atoms. The second-order valence-electron chi connectivity index (χ2n) is 5.07. The van der Waals surface area contributed by atoms with Gasteiger partial charge in [0.1, 0.15) is 5.82 Å². The van der Waals surface area contributed by atoms with Crippen LogP contribution in [0.25, 0.3) is 0 Å². The van der Waals surface area contributed by atoms with Gasteiger partial charge in [0.2, 0.25) is 0 Å². The molecule has 2 heterocycles. The Labute approximate surface area is 106 Å². The summed E-state index contributed by atoms with van der Waals surface area (Å²) in [7, 11) is 0. The van der Waals surface area contributed by atoms with Gasteiger partial charge in [-0.1, -0.05) is 11.8 Å². The number of hydrogen-bond donors (Lipinski definition) is 1. The van der Waals surface area contributed by atoms with E-state index in [0.29, 0.717) is 11.9 Å². The zero-order valence-corrected chi connectivity index (χ0v) is 11.4. The van der Waals surface area contributed by atoms with Crippen LogP contribution in [-0.4, -0.2) is 27.4 Å². The molecule has 1 fully saturated rings. The molecule has 94 valence electrons. The number of thioether (sulfide) groups is 1. The van der Waals surface area contributed by atoms with Crippen molar-refractivity contribution in [2.24, 2.45) is 0 Å². The predicted octanol–water partition coefficient (Wildman–Crippen LogP) is 2.42. The average Bonchev–Trinajstić information content (AvgIpc) is 2.54. The quantitative estimate of drug-likeness (QED) is 0.662.